The first-order chi connectivity index (χ1) is 13.6. The molecule has 0 radical (unpaired) electrons. The minimum Gasteiger partial charge on any atom is -0.498 e. The summed E-state index contributed by atoms with van der Waals surface area (Å²) in [5.74, 6) is -0.158. The third-order valence-electron chi connectivity index (χ3n) is 3.75. The molecule has 8 heteroatoms. The van der Waals surface area contributed by atoms with E-state index >= 15 is 0 Å². The van der Waals surface area contributed by atoms with Gasteiger partial charge in [-0.25, -0.2) is 0 Å². The standard InChI is InChI=1S/C20H32Cl2O6/c1-3-25-15-17(13-21)27-19(23)11-9-7-5-6-8-10-12-20(24)28-18(14-22)16-26-4-2/h3-4,17-18H,1-2,5-16H2. The molecule has 0 aliphatic rings. The van der Waals surface area contributed by atoms with E-state index in [1.807, 2.05) is 0 Å². The molecule has 0 saturated carbocycles. The van der Waals surface area contributed by atoms with Crippen LogP contribution < -0.4 is 0 Å². The Balaban J connectivity index is 3.62. The van der Waals surface area contributed by atoms with E-state index in [1.54, 1.807) is 0 Å². The van der Waals surface area contributed by atoms with Crippen molar-refractivity contribution in [2.75, 3.05) is 25.0 Å². The fourth-order valence-corrected chi connectivity index (χ4v) is 2.61. The third-order valence-corrected chi connectivity index (χ3v) is 4.44. The van der Waals surface area contributed by atoms with E-state index in [4.69, 9.17) is 42.1 Å². The zero-order chi connectivity index (χ0) is 21.0. The lowest BCUT2D eigenvalue weighted by Crippen LogP contribution is -2.24. The molecule has 0 aliphatic carbocycles. The smallest absolute Gasteiger partial charge is 0.306 e. The summed E-state index contributed by atoms with van der Waals surface area (Å²) in [4.78, 5) is 23.5. The molecular formula is C20H32Cl2O6. The zero-order valence-corrected chi connectivity index (χ0v) is 17.9. The highest BCUT2D eigenvalue weighted by molar-refractivity contribution is 6.18. The fraction of sp³-hybridized carbons (Fsp3) is 0.700. The van der Waals surface area contributed by atoms with Crippen molar-refractivity contribution in [3.8, 4) is 0 Å². The molecule has 0 heterocycles. The maximum absolute atomic E-state index is 11.7. The minimum atomic E-state index is -0.450. The lowest BCUT2D eigenvalue weighted by molar-refractivity contribution is -0.151. The molecule has 162 valence electrons. The SMILES string of the molecule is C=COCC(CCl)OC(=O)CCCCCCCCC(=O)OC(CCl)COC=C. The Morgan fingerprint density at radius 1 is 0.714 bits per heavy atom. The van der Waals surface area contributed by atoms with Crippen molar-refractivity contribution in [1.29, 1.82) is 0 Å². The number of carbonyl (C=O) groups is 2. The van der Waals surface area contributed by atoms with Crippen LogP contribution in [0.1, 0.15) is 51.4 Å². The van der Waals surface area contributed by atoms with Gasteiger partial charge in [0.15, 0.2) is 0 Å². The summed E-state index contributed by atoms with van der Waals surface area (Å²) >= 11 is 11.4. The molecule has 0 amide bonds. The molecule has 6 nitrogen and oxygen atoms in total. The molecule has 0 rings (SSSR count). The van der Waals surface area contributed by atoms with Gasteiger partial charge in [-0.1, -0.05) is 38.8 Å². The van der Waals surface area contributed by atoms with Gasteiger partial charge in [-0.15, -0.1) is 23.2 Å². The summed E-state index contributed by atoms with van der Waals surface area (Å²) in [6.45, 7) is 7.29. The highest BCUT2D eigenvalue weighted by Gasteiger charge is 2.14. The molecule has 0 spiro atoms. The van der Waals surface area contributed by atoms with Gasteiger partial charge in [0, 0.05) is 12.8 Å². The Bertz CT molecular complexity index is 404. The Morgan fingerprint density at radius 2 is 1.07 bits per heavy atom. The molecular weight excluding hydrogens is 407 g/mol. The predicted octanol–water partition coefficient (Wildman–Crippen LogP) is 4.73. The number of hydrogen-bond acceptors (Lipinski definition) is 6. The Hall–Kier alpha value is -1.40. The Morgan fingerprint density at radius 3 is 1.39 bits per heavy atom. The molecule has 2 unspecified atom stereocenters. The minimum absolute atomic E-state index is 0.189. The van der Waals surface area contributed by atoms with Crippen molar-refractivity contribution in [3.05, 3.63) is 25.7 Å². The second-order valence-corrected chi connectivity index (χ2v) is 6.77. The largest absolute Gasteiger partial charge is 0.498 e. The van der Waals surface area contributed by atoms with Gasteiger partial charge in [-0.3, -0.25) is 9.59 Å². The van der Waals surface area contributed by atoms with E-state index in [0.29, 0.717) is 12.8 Å². The average Bonchev–Trinajstić information content (AvgIpc) is 2.70. The van der Waals surface area contributed by atoms with Crippen LogP contribution in [0.25, 0.3) is 0 Å². The van der Waals surface area contributed by atoms with Gasteiger partial charge in [-0.2, -0.15) is 0 Å². The molecule has 0 saturated heterocycles. The number of hydrogen-bond donors (Lipinski definition) is 0. The monoisotopic (exact) mass is 438 g/mol. The quantitative estimate of drug-likeness (QED) is 0.125. The van der Waals surface area contributed by atoms with Crippen molar-refractivity contribution >= 4 is 35.1 Å². The third kappa shape index (κ3) is 15.6. The van der Waals surface area contributed by atoms with E-state index < -0.39 is 12.2 Å². The summed E-state index contributed by atoms with van der Waals surface area (Å²) in [5.41, 5.74) is 0. The van der Waals surface area contributed by atoms with E-state index in [9.17, 15) is 9.59 Å². The summed E-state index contributed by atoms with van der Waals surface area (Å²) in [5, 5.41) is 0. The van der Waals surface area contributed by atoms with Crippen LogP contribution in [0, 0.1) is 0 Å². The van der Waals surface area contributed by atoms with Crippen LogP contribution >= 0.6 is 23.2 Å². The first-order valence-corrected chi connectivity index (χ1v) is 10.6. The zero-order valence-electron chi connectivity index (χ0n) is 16.4. The van der Waals surface area contributed by atoms with Crippen molar-refractivity contribution in [2.24, 2.45) is 0 Å². The highest BCUT2D eigenvalue weighted by atomic mass is 35.5. The van der Waals surface area contributed by atoms with Gasteiger partial charge in [-0.05, 0) is 12.8 Å². The van der Waals surface area contributed by atoms with Crippen LogP contribution in [0.3, 0.4) is 0 Å². The van der Waals surface area contributed by atoms with Crippen LogP contribution in [-0.4, -0.2) is 49.1 Å². The van der Waals surface area contributed by atoms with Gasteiger partial charge in [0.05, 0.1) is 24.3 Å². The van der Waals surface area contributed by atoms with E-state index in [2.05, 4.69) is 13.2 Å². The second-order valence-electron chi connectivity index (χ2n) is 6.15. The number of esters is 2. The number of ether oxygens (including phenoxy) is 4. The summed E-state index contributed by atoms with van der Waals surface area (Å²) in [6, 6.07) is 0. The van der Waals surface area contributed by atoms with Crippen LogP contribution in [0.5, 0.6) is 0 Å². The molecule has 0 aromatic rings. The van der Waals surface area contributed by atoms with Gasteiger partial charge in [0.25, 0.3) is 0 Å². The Labute approximate surface area is 178 Å². The lowest BCUT2D eigenvalue weighted by atomic mass is 10.1. The Kier molecular flexibility index (Phi) is 18.0. The summed E-state index contributed by atoms with van der Waals surface area (Å²) < 4.78 is 20.4. The summed E-state index contributed by atoms with van der Waals surface area (Å²) in [7, 11) is 0. The van der Waals surface area contributed by atoms with Crippen LogP contribution in [-0.2, 0) is 28.5 Å². The topological polar surface area (TPSA) is 71.1 Å². The summed E-state index contributed by atoms with van der Waals surface area (Å²) in [6.07, 6.45) is 7.79. The second kappa shape index (κ2) is 18.9. The average molecular weight is 439 g/mol. The highest BCUT2D eigenvalue weighted by Crippen LogP contribution is 2.11. The molecule has 28 heavy (non-hydrogen) atoms. The van der Waals surface area contributed by atoms with Crippen LogP contribution in [0.2, 0.25) is 0 Å². The van der Waals surface area contributed by atoms with Crippen molar-refractivity contribution < 1.29 is 28.5 Å². The van der Waals surface area contributed by atoms with Crippen molar-refractivity contribution in [1.82, 2.24) is 0 Å². The van der Waals surface area contributed by atoms with E-state index in [0.717, 1.165) is 38.5 Å². The molecule has 0 N–H and O–H groups in total. The molecule has 2 atom stereocenters. The van der Waals surface area contributed by atoms with E-state index in [-0.39, 0.29) is 36.9 Å². The lowest BCUT2D eigenvalue weighted by Gasteiger charge is -2.14. The maximum Gasteiger partial charge on any atom is 0.306 e. The normalized spacial score (nSPS) is 12.5. The number of alkyl halides is 2. The predicted molar refractivity (Wildman–Crippen MR) is 110 cm³/mol. The van der Waals surface area contributed by atoms with E-state index in [1.165, 1.54) is 12.5 Å². The van der Waals surface area contributed by atoms with Crippen molar-refractivity contribution in [3.63, 3.8) is 0 Å². The number of halogens is 2. The van der Waals surface area contributed by atoms with Gasteiger partial charge < -0.3 is 18.9 Å². The molecule has 0 fully saturated rings. The fourth-order valence-electron chi connectivity index (χ4n) is 2.31. The number of rotatable bonds is 19. The van der Waals surface area contributed by atoms with Crippen LogP contribution in [0.15, 0.2) is 25.7 Å². The molecule has 0 aromatic carbocycles. The first-order valence-electron chi connectivity index (χ1n) is 9.53. The van der Waals surface area contributed by atoms with Gasteiger partial charge in [0.1, 0.15) is 25.4 Å². The molecule has 0 aliphatic heterocycles. The van der Waals surface area contributed by atoms with Crippen molar-refractivity contribution in [2.45, 2.75) is 63.6 Å². The molecule has 0 aromatic heterocycles. The number of unbranched alkanes of at least 4 members (excludes halogenated alkanes) is 5. The van der Waals surface area contributed by atoms with Crippen LogP contribution in [0.4, 0.5) is 0 Å². The maximum atomic E-state index is 11.7. The van der Waals surface area contributed by atoms with Gasteiger partial charge in [0.2, 0.25) is 0 Å². The number of carbonyl (C=O) groups excluding carboxylic acids is 2. The first kappa shape index (κ1) is 26.6. The molecule has 0 bridgehead atoms. The van der Waals surface area contributed by atoms with Gasteiger partial charge >= 0.3 is 11.9 Å².